The minimum atomic E-state index is -0.386. The number of carbonyl (C=O) groups excluding carboxylic acids is 2. The van der Waals surface area contributed by atoms with E-state index in [4.69, 9.17) is 0 Å². The number of aromatic nitrogens is 3. The average Bonchev–Trinajstić information content (AvgIpc) is 3.36. The standard InChI is InChI=1S/C17H18N4O3/c1-24-17(23)13-5-2-12(3-6-13)4-9-16(22)18-10-15-20-19-11-21(15)14-7-8-14/h2-6,9,11,14H,7-8,10H2,1H3,(H,18,22)/b9-4-. The molecule has 1 aromatic heterocycles. The number of ether oxygens (including phenoxy) is 1. The summed E-state index contributed by atoms with van der Waals surface area (Å²) in [5.41, 5.74) is 1.29. The minimum absolute atomic E-state index is 0.211. The van der Waals surface area contributed by atoms with Crippen LogP contribution in [-0.4, -0.2) is 33.8 Å². The van der Waals surface area contributed by atoms with Crippen molar-refractivity contribution < 1.29 is 14.3 Å². The molecule has 1 fully saturated rings. The Morgan fingerprint density at radius 3 is 2.75 bits per heavy atom. The quantitative estimate of drug-likeness (QED) is 0.645. The molecule has 124 valence electrons. The molecular formula is C17H18N4O3. The highest BCUT2D eigenvalue weighted by Gasteiger charge is 2.25. The van der Waals surface area contributed by atoms with Gasteiger partial charge >= 0.3 is 5.97 Å². The van der Waals surface area contributed by atoms with Gasteiger partial charge in [-0.3, -0.25) is 4.79 Å². The third-order valence-corrected chi connectivity index (χ3v) is 3.77. The van der Waals surface area contributed by atoms with Crippen LogP contribution in [0.4, 0.5) is 0 Å². The monoisotopic (exact) mass is 326 g/mol. The van der Waals surface area contributed by atoms with Crippen LogP contribution in [0.25, 0.3) is 6.08 Å². The fourth-order valence-corrected chi connectivity index (χ4v) is 2.30. The van der Waals surface area contributed by atoms with Crippen molar-refractivity contribution in [2.75, 3.05) is 7.11 Å². The SMILES string of the molecule is COC(=O)c1ccc(/C=C\C(=O)NCc2nncn2C2CC2)cc1. The van der Waals surface area contributed by atoms with Gasteiger partial charge in [-0.1, -0.05) is 12.1 Å². The van der Waals surface area contributed by atoms with E-state index in [1.807, 2.05) is 4.57 Å². The van der Waals surface area contributed by atoms with Crippen LogP contribution in [0.3, 0.4) is 0 Å². The second-order valence-electron chi connectivity index (χ2n) is 5.55. The van der Waals surface area contributed by atoms with Gasteiger partial charge in [0.2, 0.25) is 5.91 Å². The molecule has 1 heterocycles. The molecular weight excluding hydrogens is 308 g/mol. The molecule has 0 saturated heterocycles. The number of nitrogens with zero attached hydrogens (tertiary/aromatic N) is 3. The third kappa shape index (κ3) is 3.87. The zero-order chi connectivity index (χ0) is 16.9. The largest absolute Gasteiger partial charge is 0.465 e. The van der Waals surface area contributed by atoms with Crippen LogP contribution in [0.5, 0.6) is 0 Å². The molecule has 2 aromatic rings. The summed E-state index contributed by atoms with van der Waals surface area (Å²) in [6, 6.07) is 7.29. The van der Waals surface area contributed by atoms with Gasteiger partial charge in [-0.25, -0.2) is 4.79 Å². The van der Waals surface area contributed by atoms with Crippen molar-refractivity contribution in [3.8, 4) is 0 Å². The summed E-state index contributed by atoms with van der Waals surface area (Å²) >= 11 is 0. The lowest BCUT2D eigenvalue weighted by Gasteiger charge is -2.04. The molecule has 7 heteroatoms. The van der Waals surface area contributed by atoms with Gasteiger partial charge in [0, 0.05) is 12.1 Å². The normalized spacial score (nSPS) is 13.9. The second kappa shape index (κ2) is 7.08. The Morgan fingerprint density at radius 2 is 2.08 bits per heavy atom. The van der Waals surface area contributed by atoms with E-state index < -0.39 is 0 Å². The Morgan fingerprint density at radius 1 is 1.33 bits per heavy atom. The van der Waals surface area contributed by atoms with Crippen LogP contribution < -0.4 is 5.32 Å². The number of rotatable bonds is 6. The Bertz CT molecular complexity index is 760. The molecule has 0 atom stereocenters. The highest BCUT2D eigenvalue weighted by molar-refractivity contribution is 5.92. The van der Waals surface area contributed by atoms with Crippen molar-refractivity contribution in [3.63, 3.8) is 0 Å². The van der Waals surface area contributed by atoms with E-state index in [0.717, 1.165) is 24.2 Å². The van der Waals surface area contributed by atoms with Gasteiger partial charge in [0.1, 0.15) is 6.33 Å². The number of hydrogen-bond acceptors (Lipinski definition) is 5. The molecule has 1 aromatic carbocycles. The molecule has 0 bridgehead atoms. The number of methoxy groups -OCH3 is 1. The van der Waals surface area contributed by atoms with E-state index in [-0.39, 0.29) is 11.9 Å². The van der Waals surface area contributed by atoms with Gasteiger partial charge < -0.3 is 14.6 Å². The second-order valence-corrected chi connectivity index (χ2v) is 5.55. The number of amides is 1. The number of benzene rings is 1. The van der Waals surface area contributed by atoms with Crippen molar-refractivity contribution in [3.05, 3.63) is 53.6 Å². The summed E-state index contributed by atoms with van der Waals surface area (Å²) in [7, 11) is 1.34. The highest BCUT2D eigenvalue weighted by atomic mass is 16.5. The first kappa shape index (κ1) is 15.9. The lowest BCUT2D eigenvalue weighted by molar-refractivity contribution is -0.116. The number of carbonyl (C=O) groups is 2. The van der Waals surface area contributed by atoms with Crippen LogP contribution in [0.1, 0.15) is 40.6 Å². The average molecular weight is 326 g/mol. The van der Waals surface area contributed by atoms with Crippen molar-refractivity contribution in [1.82, 2.24) is 20.1 Å². The molecule has 0 spiro atoms. The van der Waals surface area contributed by atoms with Gasteiger partial charge in [-0.2, -0.15) is 0 Å². The van der Waals surface area contributed by atoms with Crippen molar-refractivity contribution >= 4 is 18.0 Å². The Kier molecular flexibility index (Phi) is 4.69. The Balaban J connectivity index is 1.53. The molecule has 3 rings (SSSR count). The summed E-state index contributed by atoms with van der Waals surface area (Å²) in [6.07, 6.45) is 7.12. The van der Waals surface area contributed by atoms with Crippen molar-refractivity contribution in [1.29, 1.82) is 0 Å². The van der Waals surface area contributed by atoms with Gasteiger partial charge in [0.15, 0.2) is 5.82 Å². The van der Waals surface area contributed by atoms with Crippen LogP contribution in [-0.2, 0) is 16.1 Å². The van der Waals surface area contributed by atoms with Gasteiger partial charge in [0.25, 0.3) is 0 Å². The maximum absolute atomic E-state index is 11.9. The van der Waals surface area contributed by atoms with E-state index in [0.29, 0.717) is 18.2 Å². The molecule has 24 heavy (non-hydrogen) atoms. The van der Waals surface area contributed by atoms with Crippen molar-refractivity contribution in [2.45, 2.75) is 25.4 Å². The fraction of sp³-hybridized carbons (Fsp3) is 0.294. The lowest BCUT2D eigenvalue weighted by Crippen LogP contribution is -2.22. The molecule has 1 saturated carbocycles. The molecule has 0 aliphatic heterocycles. The number of nitrogens with one attached hydrogen (secondary N) is 1. The molecule has 7 nitrogen and oxygen atoms in total. The topological polar surface area (TPSA) is 86.1 Å². The summed E-state index contributed by atoms with van der Waals surface area (Å²) in [5.74, 6) is 0.169. The van der Waals surface area contributed by atoms with E-state index >= 15 is 0 Å². The Labute approximate surface area is 139 Å². The van der Waals surface area contributed by atoms with E-state index in [1.54, 1.807) is 36.7 Å². The highest BCUT2D eigenvalue weighted by Crippen LogP contribution is 2.35. The maximum Gasteiger partial charge on any atom is 0.337 e. The molecule has 1 aliphatic rings. The minimum Gasteiger partial charge on any atom is -0.465 e. The van der Waals surface area contributed by atoms with E-state index in [2.05, 4.69) is 20.3 Å². The Hall–Kier alpha value is -2.96. The molecule has 1 amide bonds. The van der Waals surface area contributed by atoms with Gasteiger partial charge in [0.05, 0.1) is 19.2 Å². The van der Waals surface area contributed by atoms with Gasteiger partial charge in [-0.05, 0) is 36.6 Å². The van der Waals surface area contributed by atoms with Crippen molar-refractivity contribution in [2.24, 2.45) is 0 Å². The third-order valence-electron chi connectivity index (χ3n) is 3.77. The van der Waals surface area contributed by atoms with Crippen LogP contribution in [0.15, 0.2) is 36.7 Å². The first-order valence-electron chi connectivity index (χ1n) is 7.70. The predicted molar refractivity (Wildman–Crippen MR) is 87.0 cm³/mol. The van der Waals surface area contributed by atoms with Crippen LogP contribution >= 0.6 is 0 Å². The number of hydrogen-bond donors (Lipinski definition) is 1. The maximum atomic E-state index is 11.9. The lowest BCUT2D eigenvalue weighted by atomic mass is 10.1. The summed E-state index contributed by atoms with van der Waals surface area (Å²) < 4.78 is 6.65. The molecule has 1 aliphatic carbocycles. The fourth-order valence-electron chi connectivity index (χ4n) is 2.30. The first-order chi connectivity index (χ1) is 11.7. The predicted octanol–water partition coefficient (Wildman–Crippen LogP) is 1.73. The van der Waals surface area contributed by atoms with E-state index in [1.165, 1.54) is 13.2 Å². The summed E-state index contributed by atoms with van der Waals surface area (Å²) in [5, 5.41) is 10.7. The van der Waals surface area contributed by atoms with Gasteiger partial charge in [-0.15, -0.1) is 10.2 Å². The zero-order valence-corrected chi connectivity index (χ0v) is 13.3. The van der Waals surface area contributed by atoms with Crippen LogP contribution in [0.2, 0.25) is 0 Å². The smallest absolute Gasteiger partial charge is 0.337 e. The summed E-state index contributed by atoms with van der Waals surface area (Å²) in [6.45, 7) is 0.348. The molecule has 0 radical (unpaired) electrons. The summed E-state index contributed by atoms with van der Waals surface area (Å²) in [4.78, 5) is 23.3. The molecule has 1 N–H and O–H groups in total. The van der Waals surface area contributed by atoms with Crippen LogP contribution in [0, 0.1) is 0 Å². The molecule has 0 unspecified atom stereocenters. The first-order valence-corrected chi connectivity index (χ1v) is 7.70. The van der Waals surface area contributed by atoms with E-state index in [9.17, 15) is 9.59 Å². The number of esters is 1. The zero-order valence-electron chi connectivity index (χ0n) is 13.3.